The molecule has 0 radical (unpaired) electrons. The predicted octanol–water partition coefficient (Wildman–Crippen LogP) is 1.92. The van der Waals surface area contributed by atoms with Crippen LogP contribution in [-0.2, 0) is 4.79 Å². The fourth-order valence-electron chi connectivity index (χ4n) is 2.88. The lowest BCUT2D eigenvalue weighted by atomic mass is 10.0. The third-order valence-corrected chi connectivity index (χ3v) is 4.10. The number of carbonyl (C=O) groups excluding carboxylic acids is 2. The minimum atomic E-state index is -0.357. The van der Waals surface area contributed by atoms with E-state index in [-0.39, 0.29) is 24.3 Å². The summed E-state index contributed by atoms with van der Waals surface area (Å²) < 4.78 is 0. The number of β-amino-alcohol motifs (C(OH)–C–C–N with tert-alkyl or cyclic N) is 1. The first-order chi connectivity index (χ1) is 11.6. The number of hydrogen-bond donors (Lipinski definition) is 2. The first kappa shape index (κ1) is 16.4. The molecule has 0 spiro atoms. The molecule has 1 amide bonds. The van der Waals surface area contributed by atoms with E-state index in [0.29, 0.717) is 36.3 Å². The lowest BCUT2D eigenvalue weighted by Crippen LogP contribution is -2.32. The number of benzene rings is 2. The number of aliphatic hydroxyl groups is 1. The quantitative estimate of drug-likeness (QED) is 0.825. The molecule has 0 bridgehead atoms. The summed E-state index contributed by atoms with van der Waals surface area (Å²) in [6.07, 6.45) is 0.334. The van der Waals surface area contributed by atoms with Gasteiger partial charge in [0.1, 0.15) is 0 Å². The Kier molecular flexibility index (Phi) is 5.03. The van der Waals surface area contributed by atoms with Crippen LogP contribution in [0.1, 0.15) is 22.3 Å². The van der Waals surface area contributed by atoms with Crippen molar-refractivity contribution in [1.82, 2.24) is 4.90 Å². The molecule has 24 heavy (non-hydrogen) atoms. The minimum Gasteiger partial charge on any atom is -0.392 e. The van der Waals surface area contributed by atoms with E-state index in [0.717, 1.165) is 0 Å². The third kappa shape index (κ3) is 3.88. The smallest absolute Gasteiger partial charge is 0.238 e. The monoisotopic (exact) mass is 324 g/mol. The molecule has 3 rings (SSSR count). The molecule has 0 aromatic heterocycles. The fourth-order valence-corrected chi connectivity index (χ4v) is 2.88. The maximum Gasteiger partial charge on any atom is 0.238 e. The molecule has 1 aliphatic rings. The van der Waals surface area contributed by atoms with Gasteiger partial charge in [0.25, 0.3) is 0 Å². The number of ketones is 1. The highest BCUT2D eigenvalue weighted by molar-refractivity contribution is 6.13. The van der Waals surface area contributed by atoms with Crippen LogP contribution in [0.3, 0.4) is 0 Å². The first-order valence-corrected chi connectivity index (χ1v) is 8.02. The number of anilines is 1. The Labute approximate surface area is 140 Å². The number of para-hydroxylation sites is 1. The summed E-state index contributed by atoms with van der Waals surface area (Å²) >= 11 is 0. The molecule has 1 aliphatic heterocycles. The molecule has 1 atom stereocenters. The Balaban J connectivity index is 1.72. The number of aliphatic hydroxyl groups excluding tert-OH is 1. The molecule has 0 saturated carbocycles. The molecule has 1 fully saturated rings. The van der Waals surface area contributed by atoms with Crippen molar-refractivity contribution in [2.45, 2.75) is 12.5 Å². The van der Waals surface area contributed by atoms with Crippen molar-refractivity contribution in [3.8, 4) is 0 Å². The van der Waals surface area contributed by atoms with Crippen molar-refractivity contribution < 1.29 is 14.7 Å². The Morgan fingerprint density at radius 2 is 1.79 bits per heavy atom. The first-order valence-electron chi connectivity index (χ1n) is 8.02. The molecule has 2 aromatic carbocycles. The lowest BCUT2D eigenvalue weighted by molar-refractivity contribution is -0.117. The van der Waals surface area contributed by atoms with Crippen LogP contribution in [0.2, 0.25) is 0 Å². The summed E-state index contributed by atoms with van der Waals surface area (Å²) in [5, 5.41) is 12.3. The number of carbonyl (C=O) groups is 2. The zero-order chi connectivity index (χ0) is 16.9. The lowest BCUT2D eigenvalue weighted by Gasteiger charge is -2.15. The third-order valence-electron chi connectivity index (χ3n) is 4.10. The number of hydrogen-bond acceptors (Lipinski definition) is 4. The van der Waals surface area contributed by atoms with E-state index in [2.05, 4.69) is 5.32 Å². The van der Waals surface area contributed by atoms with Crippen molar-refractivity contribution >= 4 is 17.4 Å². The van der Waals surface area contributed by atoms with Gasteiger partial charge >= 0.3 is 0 Å². The SMILES string of the molecule is O=C(CN1CC[C@H](O)C1)Nc1ccccc1C(=O)c1ccccc1. The van der Waals surface area contributed by atoms with Crippen LogP contribution >= 0.6 is 0 Å². The van der Waals surface area contributed by atoms with Crippen molar-refractivity contribution in [2.75, 3.05) is 25.0 Å². The Morgan fingerprint density at radius 3 is 2.50 bits per heavy atom. The molecule has 124 valence electrons. The van der Waals surface area contributed by atoms with Crippen molar-refractivity contribution in [3.05, 3.63) is 65.7 Å². The predicted molar refractivity (Wildman–Crippen MR) is 92.0 cm³/mol. The van der Waals surface area contributed by atoms with Gasteiger partial charge in [-0.25, -0.2) is 0 Å². The highest BCUT2D eigenvalue weighted by Crippen LogP contribution is 2.19. The van der Waals surface area contributed by atoms with Gasteiger partial charge in [0.05, 0.1) is 18.3 Å². The largest absolute Gasteiger partial charge is 0.392 e. The van der Waals surface area contributed by atoms with Crippen LogP contribution in [0.4, 0.5) is 5.69 Å². The molecule has 5 nitrogen and oxygen atoms in total. The Bertz CT molecular complexity index is 730. The van der Waals surface area contributed by atoms with Gasteiger partial charge in [-0.05, 0) is 18.6 Å². The van der Waals surface area contributed by atoms with Crippen molar-refractivity contribution in [1.29, 1.82) is 0 Å². The standard InChI is InChI=1S/C19H20N2O3/c22-15-10-11-21(12-15)13-18(23)20-17-9-5-4-8-16(17)19(24)14-6-2-1-3-7-14/h1-9,15,22H,10-13H2,(H,20,23)/t15-/m0/s1. The molecule has 5 heteroatoms. The average molecular weight is 324 g/mol. The second kappa shape index (κ2) is 7.38. The van der Waals surface area contributed by atoms with Gasteiger partial charge in [0, 0.05) is 24.2 Å². The summed E-state index contributed by atoms with van der Waals surface area (Å²) in [4.78, 5) is 26.8. The van der Waals surface area contributed by atoms with Crippen LogP contribution in [0, 0.1) is 0 Å². The van der Waals surface area contributed by atoms with Gasteiger partial charge in [-0.2, -0.15) is 0 Å². The van der Waals surface area contributed by atoms with E-state index in [9.17, 15) is 14.7 Å². The number of nitrogens with one attached hydrogen (secondary N) is 1. The van der Waals surface area contributed by atoms with E-state index in [1.54, 1.807) is 36.4 Å². The average Bonchev–Trinajstić information content (AvgIpc) is 3.00. The van der Waals surface area contributed by atoms with Crippen molar-refractivity contribution in [3.63, 3.8) is 0 Å². The molecular weight excluding hydrogens is 304 g/mol. The van der Waals surface area contributed by atoms with Gasteiger partial charge in [-0.15, -0.1) is 0 Å². The van der Waals surface area contributed by atoms with Crippen LogP contribution < -0.4 is 5.32 Å². The number of nitrogens with zero attached hydrogens (tertiary/aromatic N) is 1. The second-order valence-electron chi connectivity index (χ2n) is 5.97. The Morgan fingerprint density at radius 1 is 1.08 bits per heavy atom. The highest BCUT2D eigenvalue weighted by Gasteiger charge is 2.22. The van der Waals surface area contributed by atoms with E-state index in [1.165, 1.54) is 0 Å². The van der Waals surface area contributed by atoms with Gasteiger partial charge in [0.15, 0.2) is 5.78 Å². The van der Waals surface area contributed by atoms with Gasteiger partial charge in [0.2, 0.25) is 5.91 Å². The van der Waals surface area contributed by atoms with Gasteiger partial charge in [-0.3, -0.25) is 14.5 Å². The normalized spacial score (nSPS) is 17.6. The summed E-state index contributed by atoms with van der Waals surface area (Å²) in [6.45, 7) is 1.43. The van der Waals surface area contributed by atoms with Crippen LogP contribution in [0.15, 0.2) is 54.6 Å². The van der Waals surface area contributed by atoms with Gasteiger partial charge in [-0.1, -0.05) is 42.5 Å². The van der Waals surface area contributed by atoms with Crippen molar-refractivity contribution in [2.24, 2.45) is 0 Å². The van der Waals surface area contributed by atoms with Crippen LogP contribution in [0.5, 0.6) is 0 Å². The minimum absolute atomic E-state index is 0.122. The zero-order valence-electron chi connectivity index (χ0n) is 13.3. The Hall–Kier alpha value is -2.50. The summed E-state index contributed by atoms with van der Waals surface area (Å²) in [7, 11) is 0. The van der Waals surface area contributed by atoms with Gasteiger partial charge < -0.3 is 10.4 Å². The number of likely N-dealkylation sites (tertiary alicyclic amines) is 1. The molecular formula is C19H20N2O3. The molecule has 0 aliphatic carbocycles. The van der Waals surface area contributed by atoms with E-state index in [4.69, 9.17) is 0 Å². The topological polar surface area (TPSA) is 69.6 Å². The summed E-state index contributed by atoms with van der Waals surface area (Å²) in [5.41, 5.74) is 1.57. The molecule has 1 saturated heterocycles. The number of rotatable bonds is 5. The molecule has 2 aromatic rings. The van der Waals surface area contributed by atoms with Crippen LogP contribution in [0.25, 0.3) is 0 Å². The van der Waals surface area contributed by atoms with E-state index < -0.39 is 0 Å². The zero-order valence-corrected chi connectivity index (χ0v) is 13.3. The van der Waals surface area contributed by atoms with Crippen LogP contribution in [-0.4, -0.2) is 47.4 Å². The maximum absolute atomic E-state index is 12.6. The fraction of sp³-hybridized carbons (Fsp3) is 0.263. The summed E-state index contributed by atoms with van der Waals surface area (Å²) in [6, 6.07) is 16.0. The molecule has 1 heterocycles. The second-order valence-corrected chi connectivity index (χ2v) is 5.97. The summed E-state index contributed by atoms with van der Waals surface area (Å²) in [5.74, 6) is -0.305. The van der Waals surface area contributed by atoms with E-state index in [1.807, 2.05) is 23.1 Å². The highest BCUT2D eigenvalue weighted by atomic mass is 16.3. The molecule has 0 unspecified atom stereocenters. The molecule has 2 N–H and O–H groups in total. The number of amides is 1. The maximum atomic E-state index is 12.6. The van der Waals surface area contributed by atoms with E-state index >= 15 is 0 Å².